The molecule has 2 aromatic rings. The first-order valence-electron chi connectivity index (χ1n) is 17.6. The summed E-state index contributed by atoms with van der Waals surface area (Å²) in [4.78, 5) is 112. The second-order valence-electron chi connectivity index (χ2n) is 12.9. The molecular weight excluding hydrogens is 688 g/mol. The number of hydrogen-bond donors (Lipinski definition) is 9. The molecular formula is C35H50N10O8. The molecule has 1 aliphatic rings. The lowest BCUT2D eigenvalue weighted by Crippen LogP contribution is -2.60. The highest BCUT2D eigenvalue weighted by Crippen LogP contribution is 2.09. The highest BCUT2D eigenvalue weighted by Gasteiger charge is 2.33. The minimum atomic E-state index is -1.34. The lowest BCUT2D eigenvalue weighted by atomic mass is 10.0. The average molecular weight is 739 g/mol. The monoisotopic (exact) mass is 738 g/mol. The summed E-state index contributed by atoms with van der Waals surface area (Å²) in [6, 6.07) is 1.59. The summed E-state index contributed by atoms with van der Waals surface area (Å²) in [5.41, 5.74) is 6.65. The number of carbonyl (C=O) groups excluding carboxylic acids is 8. The summed E-state index contributed by atoms with van der Waals surface area (Å²) >= 11 is 0. The number of hydrogen-bond acceptors (Lipinski definition) is 9. The first-order chi connectivity index (χ1) is 25.3. The minimum Gasteiger partial charge on any atom is -0.368 e. The Balaban J connectivity index is 2.00. The number of amides is 8. The third-order valence-electron chi connectivity index (χ3n) is 8.53. The minimum absolute atomic E-state index is 0.0101. The van der Waals surface area contributed by atoms with Crippen LogP contribution in [-0.4, -0.2) is 100 Å². The molecule has 0 aliphatic carbocycles. The fourth-order valence-electron chi connectivity index (χ4n) is 5.57. The molecule has 10 N–H and O–H groups in total. The van der Waals surface area contributed by atoms with E-state index >= 15 is 0 Å². The molecule has 288 valence electrons. The van der Waals surface area contributed by atoms with E-state index in [-0.39, 0.29) is 38.6 Å². The van der Waals surface area contributed by atoms with E-state index in [0.717, 1.165) is 6.42 Å². The maximum absolute atomic E-state index is 14.0. The number of benzene rings is 1. The highest BCUT2D eigenvalue weighted by molar-refractivity contribution is 5.97. The van der Waals surface area contributed by atoms with Crippen molar-refractivity contribution in [3.63, 3.8) is 0 Å². The van der Waals surface area contributed by atoms with Gasteiger partial charge in [-0.05, 0) is 31.7 Å². The number of carbonyl (C=O) groups is 8. The molecule has 1 aromatic heterocycles. The zero-order chi connectivity index (χ0) is 38.9. The Hall–Kier alpha value is -5.81. The van der Waals surface area contributed by atoms with Crippen molar-refractivity contribution >= 4 is 47.3 Å². The second-order valence-corrected chi connectivity index (χ2v) is 12.9. The van der Waals surface area contributed by atoms with Gasteiger partial charge in [-0.2, -0.15) is 0 Å². The predicted molar refractivity (Wildman–Crippen MR) is 191 cm³/mol. The van der Waals surface area contributed by atoms with Crippen molar-refractivity contribution in [1.29, 1.82) is 0 Å². The number of primary amides is 1. The summed E-state index contributed by atoms with van der Waals surface area (Å²) in [6.45, 7) is 4.50. The molecule has 2 heterocycles. The molecule has 1 fully saturated rings. The van der Waals surface area contributed by atoms with Gasteiger partial charge in [-0.3, -0.25) is 38.4 Å². The second kappa shape index (κ2) is 20.9. The number of nitrogens with one attached hydrogen (secondary N) is 8. The lowest BCUT2D eigenvalue weighted by molar-refractivity contribution is -0.135. The van der Waals surface area contributed by atoms with Gasteiger partial charge in [-0.1, -0.05) is 50.1 Å². The van der Waals surface area contributed by atoms with Gasteiger partial charge < -0.3 is 47.9 Å². The third kappa shape index (κ3) is 14.0. The summed E-state index contributed by atoms with van der Waals surface area (Å²) in [5.74, 6) is -5.53. The Labute approximate surface area is 307 Å². The number of imidazole rings is 1. The number of nitrogens with zero attached hydrogens (tertiary/aromatic N) is 1. The van der Waals surface area contributed by atoms with Crippen LogP contribution in [0.1, 0.15) is 70.6 Å². The van der Waals surface area contributed by atoms with Crippen LogP contribution in [0.5, 0.6) is 0 Å². The van der Waals surface area contributed by atoms with Crippen molar-refractivity contribution in [2.75, 3.05) is 6.54 Å². The smallest absolute Gasteiger partial charge is 0.243 e. The van der Waals surface area contributed by atoms with E-state index in [1.54, 1.807) is 30.3 Å². The SMILES string of the molecule is CCCCC(NC(C)=O)C(=O)N[C@H]1CCC(=O)NCC[C@@H](C(N)=O)NC(=O)[C@H](C)NC(=O)[C@@H](Cc2ccccc2)NC(=O)C(Cc2cnc[nH]2)NC1=O. The summed E-state index contributed by atoms with van der Waals surface area (Å²) < 4.78 is 0. The third-order valence-corrected chi connectivity index (χ3v) is 8.53. The van der Waals surface area contributed by atoms with E-state index in [2.05, 4.69) is 47.2 Å². The van der Waals surface area contributed by atoms with E-state index in [9.17, 15) is 38.4 Å². The van der Waals surface area contributed by atoms with Crippen molar-refractivity contribution in [1.82, 2.24) is 47.2 Å². The van der Waals surface area contributed by atoms with Gasteiger partial charge in [-0.25, -0.2) is 4.98 Å². The first kappa shape index (κ1) is 41.6. The fourth-order valence-corrected chi connectivity index (χ4v) is 5.57. The van der Waals surface area contributed by atoms with Crippen LogP contribution >= 0.6 is 0 Å². The van der Waals surface area contributed by atoms with E-state index in [1.807, 2.05) is 6.92 Å². The molecule has 0 saturated carbocycles. The van der Waals surface area contributed by atoms with Crippen molar-refractivity contribution in [2.24, 2.45) is 5.73 Å². The highest BCUT2D eigenvalue weighted by atomic mass is 16.2. The van der Waals surface area contributed by atoms with E-state index in [0.29, 0.717) is 24.1 Å². The van der Waals surface area contributed by atoms with Gasteiger partial charge in [0.15, 0.2) is 0 Å². The molecule has 0 spiro atoms. The number of unbranched alkanes of at least 4 members (excludes halogenated alkanes) is 1. The van der Waals surface area contributed by atoms with Gasteiger partial charge >= 0.3 is 0 Å². The molecule has 0 bridgehead atoms. The van der Waals surface area contributed by atoms with Crippen molar-refractivity contribution < 1.29 is 38.4 Å². The van der Waals surface area contributed by atoms with Crippen LogP contribution in [0.25, 0.3) is 0 Å². The molecule has 2 unspecified atom stereocenters. The zero-order valence-corrected chi connectivity index (χ0v) is 30.2. The maximum Gasteiger partial charge on any atom is 0.243 e. The molecule has 0 radical (unpaired) electrons. The standard InChI is InChI=1S/C35H50N10O8/c1-4-5-11-25(41-21(3)46)32(50)43-26-12-13-29(47)38-15-14-24(30(36)48)42-31(49)20(2)40-34(52)27(16-22-9-7-6-8-10-22)44-35(53)28(45-33(26)51)17-23-18-37-19-39-23/h6-10,18-20,24-28H,4-5,11-17H2,1-3H3,(H2,36,48)(H,37,39)(H,38,47)(H,40,52)(H,41,46)(H,42,49)(H,43,50)(H,44,53)(H,45,51)/t20-,24-,25?,26-,27+,28?/m0/s1. The molecule has 53 heavy (non-hydrogen) atoms. The Bertz CT molecular complexity index is 1590. The van der Waals surface area contributed by atoms with Gasteiger partial charge in [0.2, 0.25) is 47.3 Å². The Morgan fingerprint density at radius 3 is 2.23 bits per heavy atom. The number of H-pyrrole nitrogens is 1. The maximum atomic E-state index is 14.0. The van der Waals surface area contributed by atoms with Gasteiger partial charge in [0, 0.05) is 44.6 Å². The topological polar surface area (TPSA) is 275 Å². The van der Waals surface area contributed by atoms with Crippen LogP contribution in [0, 0.1) is 0 Å². The molecule has 18 nitrogen and oxygen atoms in total. The Morgan fingerprint density at radius 2 is 1.58 bits per heavy atom. The van der Waals surface area contributed by atoms with Crippen LogP contribution in [0.2, 0.25) is 0 Å². The largest absolute Gasteiger partial charge is 0.368 e. The normalized spacial score (nSPS) is 22.9. The van der Waals surface area contributed by atoms with Gasteiger partial charge in [-0.15, -0.1) is 0 Å². The number of aromatic amines is 1. The first-order valence-corrected chi connectivity index (χ1v) is 17.6. The Morgan fingerprint density at radius 1 is 0.906 bits per heavy atom. The molecule has 1 aromatic carbocycles. The number of aromatic nitrogens is 2. The molecule has 8 amide bonds. The van der Waals surface area contributed by atoms with Crippen LogP contribution in [0.15, 0.2) is 42.9 Å². The Kier molecular flexibility index (Phi) is 16.4. The fraction of sp³-hybridized carbons (Fsp3) is 0.514. The zero-order valence-electron chi connectivity index (χ0n) is 30.2. The van der Waals surface area contributed by atoms with Crippen molar-refractivity contribution in [3.8, 4) is 0 Å². The van der Waals surface area contributed by atoms with Crippen LogP contribution < -0.4 is 43.0 Å². The quantitative estimate of drug-likeness (QED) is 0.125. The van der Waals surface area contributed by atoms with Crippen LogP contribution in [-0.2, 0) is 51.2 Å². The van der Waals surface area contributed by atoms with Gasteiger partial charge in [0.1, 0.15) is 36.3 Å². The van der Waals surface area contributed by atoms with Crippen LogP contribution in [0.4, 0.5) is 0 Å². The molecule has 18 heteroatoms. The average Bonchev–Trinajstić information content (AvgIpc) is 3.63. The molecule has 1 aliphatic heterocycles. The molecule has 3 rings (SSSR count). The van der Waals surface area contributed by atoms with Gasteiger partial charge in [0.05, 0.1) is 6.33 Å². The molecule has 1 saturated heterocycles. The number of nitrogens with two attached hydrogens (primary N) is 1. The number of rotatable bonds is 11. The van der Waals surface area contributed by atoms with Crippen LogP contribution in [0.3, 0.4) is 0 Å². The van der Waals surface area contributed by atoms with Gasteiger partial charge in [0.25, 0.3) is 0 Å². The van der Waals surface area contributed by atoms with Crippen molar-refractivity contribution in [3.05, 3.63) is 54.1 Å². The predicted octanol–water partition coefficient (Wildman–Crippen LogP) is -1.88. The summed E-state index contributed by atoms with van der Waals surface area (Å²) in [5, 5.41) is 18.3. The lowest BCUT2D eigenvalue weighted by Gasteiger charge is -2.27. The van der Waals surface area contributed by atoms with E-state index in [4.69, 9.17) is 5.73 Å². The summed E-state index contributed by atoms with van der Waals surface area (Å²) in [7, 11) is 0. The van der Waals surface area contributed by atoms with E-state index in [1.165, 1.54) is 26.4 Å². The molecule has 6 atom stereocenters. The summed E-state index contributed by atoms with van der Waals surface area (Å²) in [6.07, 6.45) is 3.83. The van der Waals surface area contributed by atoms with E-state index < -0.39 is 83.5 Å². The van der Waals surface area contributed by atoms with Crippen molar-refractivity contribution in [2.45, 2.75) is 108 Å².